The number of para-hydroxylation sites is 2. The summed E-state index contributed by atoms with van der Waals surface area (Å²) in [5.41, 5.74) is 2.66. The molecule has 5 nitrogen and oxygen atoms in total. The third-order valence-electron chi connectivity index (χ3n) is 3.86. The topological polar surface area (TPSA) is 59.8 Å². The van der Waals surface area contributed by atoms with Crippen molar-refractivity contribution in [3.63, 3.8) is 0 Å². The van der Waals surface area contributed by atoms with Gasteiger partial charge in [-0.25, -0.2) is 14.4 Å². The molecule has 0 unspecified atom stereocenters. The average Bonchev–Trinajstić information content (AvgIpc) is 3.19. The number of benzene rings is 2. The SMILES string of the molecule is CCn1c(SCC(=O)Nc2nc3ccc(F)cc3s2)nc2ccccc21. The third kappa shape index (κ3) is 3.30. The molecule has 1 amide bonds. The molecule has 0 spiro atoms. The van der Waals surface area contributed by atoms with E-state index in [9.17, 15) is 9.18 Å². The number of thioether (sulfide) groups is 1. The van der Waals surface area contributed by atoms with Crippen molar-refractivity contribution in [2.45, 2.75) is 18.6 Å². The first-order valence-electron chi connectivity index (χ1n) is 8.08. The predicted molar refractivity (Wildman–Crippen MR) is 104 cm³/mol. The molecule has 0 saturated carbocycles. The van der Waals surface area contributed by atoms with E-state index < -0.39 is 0 Å². The van der Waals surface area contributed by atoms with Crippen molar-refractivity contribution in [1.82, 2.24) is 14.5 Å². The Morgan fingerprint density at radius 1 is 1.23 bits per heavy atom. The molecule has 4 aromatic rings. The van der Waals surface area contributed by atoms with Gasteiger partial charge in [0.15, 0.2) is 10.3 Å². The Morgan fingerprint density at radius 2 is 2.08 bits per heavy atom. The highest BCUT2D eigenvalue weighted by molar-refractivity contribution is 7.99. The zero-order valence-corrected chi connectivity index (χ0v) is 15.5. The highest BCUT2D eigenvalue weighted by atomic mass is 32.2. The molecular formula is C18H15FN4OS2. The first-order valence-corrected chi connectivity index (χ1v) is 9.88. The molecule has 26 heavy (non-hydrogen) atoms. The van der Waals surface area contributed by atoms with E-state index in [4.69, 9.17) is 0 Å². The molecule has 0 saturated heterocycles. The van der Waals surface area contributed by atoms with E-state index in [-0.39, 0.29) is 17.5 Å². The van der Waals surface area contributed by atoms with Crippen molar-refractivity contribution >= 4 is 55.4 Å². The summed E-state index contributed by atoms with van der Waals surface area (Å²) >= 11 is 2.65. The largest absolute Gasteiger partial charge is 0.319 e. The van der Waals surface area contributed by atoms with Gasteiger partial charge in [0.2, 0.25) is 5.91 Å². The summed E-state index contributed by atoms with van der Waals surface area (Å²) in [6, 6.07) is 12.3. The maximum atomic E-state index is 13.3. The van der Waals surface area contributed by atoms with Crippen molar-refractivity contribution in [2.24, 2.45) is 0 Å². The van der Waals surface area contributed by atoms with Crippen LogP contribution < -0.4 is 5.32 Å². The van der Waals surface area contributed by atoms with Crippen LogP contribution in [0, 0.1) is 5.82 Å². The van der Waals surface area contributed by atoms with E-state index in [0.717, 1.165) is 22.7 Å². The molecule has 0 bridgehead atoms. The van der Waals surface area contributed by atoms with Crippen molar-refractivity contribution in [1.29, 1.82) is 0 Å². The Morgan fingerprint density at radius 3 is 2.92 bits per heavy atom. The lowest BCUT2D eigenvalue weighted by molar-refractivity contribution is -0.113. The lowest BCUT2D eigenvalue weighted by atomic mass is 10.3. The molecule has 0 aliphatic carbocycles. The number of nitrogens with one attached hydrogen (secondary N) is 1. The van der Waals surface area contributed by atoms with Gasteiger partial charge < -0.3 is 9.88 Å². The van der Waals surface area contributed by atoms with Gasteiger partial charge in [-0.15, -0.1) is 0 Å². The van der Waals surface area contributed by atoms with Crippen molar-refractivity contribution in [3.05, 3.63) is 48.3 Å². The summed E-state index contributed by atoms with van der Waals surface area (Å²) < 4.78 is 16.1. The van der Waals surface area contributed by atoms with Crippen LogP contribution in [-0.2, 0) is 11.3 Å². The number of hydrogen-bond donors (Lipinski definition) is 1. The fourth-order valence-corrected chi connectivity index (χ4v) is 4.49. The molecule has 4 rings (SSSR count). The maximum absolute atomic E-state index is 13.3. The third-order valence-corrected chi connectivity index (χ3v) is 5.77. The molecule has 0 fully saturated rings. The Kier molecular flexibility index (Phi) is 4.60. The first kappa shape index (κ1) is 17.0. The molecule has 0 atom stereocenters. The summed E-state index contributed by atoms with van der Waals surface area (Å²) in [6.07, 6.45) is 0. The number of anilines is 1. The van der Waals surface area contributed by atoms with Gasteiger partial charge >= 0.3 is 0 Å². The zero-order chi connectivity index (χ0) is 18.1. The van der Waals surface area contributed by atoms with Gasteiger partial charge in [-0.05, 0) is 37.3 Å². The minimum Gasteiger partial charge on any atom is -0.319 e. The summed E-state index contributed by atoms with van der Waals surface area (Å²) in [5.74, 6) is -0.245. The van der Waals surface area contributed by atoms with Crippen molar-refractivity contribution in [3.8, 4) is 0 Å². The van der Waals surface area contributed by atoms with Crippen molar-refractivity contribution < 1.29 is 9.18 Å². The quantitative estimate of drug-likeness (QED) is 0.512. The molecule has 2 aromatic carbocycles. The zero-order valence-electron chi connectivity index (χ0n) is 13.9. The van der Waals surface area contributed by atoms with Gasteiger partial charge in [-0.2, -0.15) is 0 Å². The number of hydrogen-bond acceptors (Lipinski definition) is 5. The molecule has 2 heterocycles. The van der Waals surface area contributed by atoms with Gasteiger partial charge in [-0.3, -0.25) is 4.79 Å². The van der Waals surface area contributed by atoms with Gasteiger partial charge in [0.25, 0.3) is 0 Å². The number of aromatic nitrogens is 3. The average molecular weight is 386 g/mol. The Balaban J connectivity index is 1.46. The van der Waals surface area contributed by atoms with E-state index in [1.54, 1.807) is 6.07 Å². The minimum absolute atomic E-state index is 0.163. The summed E-state index contributed by atoms with van der Waals surface area (Å²) in [7, 11) is 0. The standard InChI is InChI=1S/C18H15FN4OS2/c1-2-23-14-6-4-3-5-12(14)21-18(23)25-10-16(24)22-17-20-13-8-7-11(19)9-15(13)26-17/h3-9H,2,10H2,1H3,(H,20,22,24). The first-order chi connectivity index (χ1) is 12.6. The van der Waals surface area contributed by atoms with E-state index in [1.165, 1.54) is 35.2 Å². The number of imidazole rings is 1. The predicted octanol–water partition coefficient (Wildman–Crippen LogP) is 4.54. The van der Waals surface area contributed by atoms with Crippen LogP contribution in [0.3, 0.4) is 0 Å². The van der Waals surface area contributed by atoms with Crippen LogP contribution in [0.2, 0.25) is 0 Å². The van der Waals surface area contributed by atoms with Gasteiger partial charge in [0, 0.05) is 6.54 Å². The molecular weight excluding hydrogens is 371 g/mol. The monoisotopic (exact) mass is 386 g/mol. The number of carbonyl (C=O) groups is 1. The van der Waals surface area contributed by atoms with Crippen LogP contribution in [-0.4, -0.2) is 26.2 Å². The van der Waals surface area contributed by atoms with Crippen LogP contribution in [0.15, 0.2) is 47.6 Å². The lowest BCUT2D eigenvalue weighted by Crippen LogP contribution is -2.14. The Hall–Kier alpha value is -2.45. The van der Waals surface area contributed by atoms with E-state index >= 15 is 0 Å². The van der Waals surface area contributed by atoms with Crippen molar-refractivity contribution in [2.75, 3.05) is 11.1 Å². The molecule has 8 heteroatoms. The van der Waals surface area contributed by atoms with Crippen LogP contribution >= 0.6 is 23.1 Å². The molecule has 1 N–H and O–H groups in total. The number of rotatable bonds is 5. The normalized spacial score (nSPS) is 11.3. The number of aryl methyl sites for hydroxylation is 1. The van der Waals surface area contributed by atoms with E-state index in [2.05, 4.69) is 26.8 Å². The molecule has 0 aliphatic rings. The summed E-state index contributed by atoms with van der Waals surface area (Å²) in [4.78, 5) is 21.2. The van der Waals surface area contributed by atoms with Crippen LogP contribution in [0.4, 0.5) is 9.52 Å². The minimum atomic E-state index is -0.312. The van der Waals surface area contributed by atoms with Crippen LogP contribution in [0.1, 0.15) is 6.92 Å². The van der Waals surface area contributed by atoms with Gasteiger partial charge in [-0.1, -0.05) is 35.2 Å². The highest BCUT2D eigenvalue weighted by Crippen LogP contribution is 2.27. The number of carbonyl (C=O) groups excluding carboxylic acids is 1. The van der Waals surface area contributed by atoms with E-state index in [0.29, 0.717) is 15.3 Å². The molecule has 0 radical (unpaired) electrons. The van der Waals surface area contributed by atoms with Crippen LogP contribution in [0.25, 0.3) is 21.3 Å². The van der Waals surface area contributed by atoms with Gasteiger partial charge in [0.1, 0.15) is 5.82 Å². The maximum Gasteiger partial charge on any atom is 0.236 e. The Labute approximate surface area is 157 Å². The summed E-state index contributed by atoms with van der Waals surface area (Å²) in [6.45, 7) is 2.84. The van der Waals surface area contributed by atoms with Crippen LogP contribution in [0.5, 0.6) is 0 Å². The summed E-state index contributed by atoms with van der Waals surface area (Å²) in [5, 5.41) is 4.07. The number of amides is 1. The fourth-order valence-electron chi connectivity index (χ4n) is 2.71. The molecule has 132 valence electrons. The lowest BCUT2D eigenvalue weighted by Gasteiger charge is -2.05. The smallest absolute Gasteiger partial charge is 0.236 e. The second-order valence-corrected chi connectivity index (χ2v) is 7.57. The number of halogens is 1. The number of thiazole rings is 1. The molecule has 2 aromatic heterocycles. The highest BCUT2D eigenvalue weighted by Gasteiger charge is 2.13. The number of nitrogens with zero attached hydrogens (tertiary/aromatic N) is 3. The second kappa shape index (κ2) is 7.05. The molecule has 0 aliphatic heterocycles. The second-order valence-electron chi connectivity index (χ2n) is 5.60. The van der Waals surface area contributed by atoms with E-state index in [1.807, 2.05) is 24.3 Å². The fraction of sp³-hybridized carbons (Fsp3) is 0.167. The van der Waals surface area contributed by atoms with Gasteiger partial charge in [0.05, 0.1) is 27.0 Å². The number of fused-ring (bicyclic) bond motifs is 2. The Bertz CT molecular complexity index is 1110.